The van der Waals surface area contributed by atoms with Crippen LogP contribution in [0.2, 0.25) is 0 Å². The zero-order valence-electron chi connectivity index (χ0n) is 18.5. The molecular weight excluding hydrogens is 437 g/mol. The summed E-state index contributed by atoms with van der Waals surface area (Å²) < 4.78 is 29.2. The molecule has 3 rings (SSSR count). The van der Waals surface area contributed by atoms with Crippen LogP contribution in [-0.2, 0) is 21.9 Å². The molecule has 0 radical (unpaired) electrons. The number of rotatable bonds is 8. The Morgan fingerprint density at radius 1 is 1.13 bits per heavy atom. The third-order valence-corrected chi connectivity index (χ3v) is 6.20. The van der Waals surface area contributed by atoms with Gasteiger partial charge in [-0.25, -0.2) is 8.42 Å². The Bertz CT molecular complexity index is 1190. The molecule has 8 heteroatoms. The summed E-state index contributed by atoms with van der Waals surface area (Å²) in [5.74, 6) is -0.883. The molecule has 0 unspecified atom stereocenters. The van der Waals surface area contributed by atoms with Gasteiger partial charge < -0.3 is 9.52 Å². The molecule has 0 N–H and O–H groups in total. The Hall–Kier alpha value is -1.29. The molecule has 6 nitrogen and oxygen atoms in total. The molecule has 0 spiro atoms. The fourth-order valence-corrected chi connectivity index (χ4v) is 4.52. The van der Waals surface area contributed by atoms with E-state index in [9.17, 15) is 13.2 Å². The summed E-state index contributed by atoms with van der Waals surface area (Å²) in [7, 11) is -1.90. The van der Waals surface area contributed by atoms with Gasteiger partial charge in [0.2, 0.25) is 0 Å². The van der Waals surface area contributed by atoms with E-state index < -0.39 is 15.9 Å². The van der Waals surface area contributed by atoms with E-state index >= 15 is 0 Å². The molecule has 3 aromatic rings. The van der Waals surface area contributed by atoms with Crippen molar-refractivity contribution in [3.8, 4) is 11.3 Å². The van der Waals surface area contributed by atoms with Crippen molar-refractivity contribution in [2.45, 2.75) is 33.1 Å². The van der Waals surface area contributed by atoms with Crippen molar-refractivity contribution >= 4 is 32.8 Å². The van der Waals surface area contributed by atoms with Gasteiger partial charge in [-0.1, -0.05) is 62.2 Å². The van der Waals surface area contributed by atoms with E-state index in [-0.39, 0.29) is 57.1 Å². The largest absolute Gasteiger partial charge is 1.00 e. The minimum atomic E-state index is -3.75. The zero-order chi connectivity index (χ0) is 21.7. The second-order valence-corrected chi connectivity index (χ2v) is 9.01. The topological polar surface area (TPSA) is 83.1 Å². The Morgan fingerprint density at radius 2 is 1.84 bits per heavy atom. The van der Waals surface area contributed by atoms with Gasteiger partial charge in [0.15, 0.2) is 0 Å². The number of fused-ring (bicyclic) bond motifs is 1. The molecule has 0 bridgehead atoms. The molecule has 0 saturated heterocycles. The molecule has 158 valence electrons. The van der Waals surface area contributed by atoms with Gasteiger partial charge in [0.1, 0.15) is 0 Å². The van der Waals surface area contributed by atoms with Crippen LogP contribution in [0, 0.1) is 6.92 Å². The molecule has 1 amide bonds. The average Bonchev–Trinajstić information content (AvgIpc) is 2.98. The third-order valence-electron chi connectivity index (χ3n) is 4.94. The first-order valence-electron chi connectivity index (χ1n) is 10.0. The van der Waals surface area contributed by atoms with Gasteiger partial charge in [-0.2, -0.15) is 5.10 Å². The van der Waals surface area contributed by atoms with E-state index in [2.05, 4.69) is 9.82 Å². The van der Waals surface area contributed by atoms with Gasteiger partial charge in [0.25, 0.3) is 0 Å². The second kappa shape index (κ2) is 11.5. The van der Waals surface area contributed by atoms with Crippen LogP contribution in [0.25, 0.3) is 32.8 Å². The summed E-state index contributed by atoms with van der Waals surface area (Å²) >= 11 is 0. The first-order valence-corrected chi connectivity index (χ1v) is 11.6. The number of carbonyl (C=O) groups excluding carboxylic acids is 1. The van der Waals surface area contributed by atoms with Crippen molar-refractivity contribution < 1.29 is 64.6 Å². The standard InChI is InChI=1S/C23H27N3O3S.K/c1-4-5-8-16-30(28,29)25-22(27)15-14-19-17(2)24-26(3)23(19)21-13-9-11-18-10-6-7-12-20(18)21;/h6-7,9-15H,4-5,8,16H2,1-3H3,(H,25,27);/q;+1/p-1/b15-14+;. The third kappa shape index (κ3) is 6.60. The predicted octanol–water partition coefficient (Wildman–Crippen LogP) is 1.99. The van der Waals surface area contributed by atoms with Crippen molar-refractivity contribution in [2.24, 2.45) is 7.05 Å². The van der Waals surface area contributed by atoms with Crippen LogP contribution in [-0.4, -0.2) is 29.9 Å². The minimum Gasteiger partial charge on any atom is -0.542 e. The maximum absolute atomic E-state index is 12.2. The van der Waals surface area contributed by atoms with Crippen molar-refractivity contribution in [2.75, 3.05) is 5.75 Å². The maximum atomic E-state index is 12.2. The van der Waals surface area contributed by atoms with Crippen molar-refractivity contribution in [1.82, 2.24) is 9.78 Å². The molecule has 1 aromatic heterocycles. The van der Waals surface area contributed by atoms with Crippen molar-refractivity contribution in [1.29, 1.82) is 0 Å². The van der Waals surface area contributed by atoms with Gasteiger partial charge in [-0.15, -0.1) is 0 Å². The van der Waals surface area contributed by atoms with E-state index in [0.29, 0.717) is 6.42 Å². The van der Waals surface area contributed by atoms with E-state index in [1.165, 1.54) is 6.08 Å². The van der Waals surface area contributed by atoms with Crippen molar-refractivity contribution in [3.63, 3.8) is 0 Å². The SMILES string of the molecule is CCCCCS(=O)(=O)[N-]C(=O)/C=C/c1c(C)nn(C)c1-c1cccc2ccccc12.[K+]. The number of nitrogens with zero attached hydrogens (tertiary/aromatic N) is 3. The monoisotopic (exact) mass is 463 g/mol. The summed E-state index contributed by atoms with van der Waals surface area (Å²) in [6.07, 6.45) is 5.01. The van der Waals surface area contributed by atoms with Crippen LogP contribution in [0.4, 0.5) is 0 Å². The number of sulfonamides is 1. The van der Waals surface area contributed by atoms with E-state index in [0.717, 1.165) is 46.1 Å². The molecule has 31 heavy (non-hydrogen) atoms. The number of hydrogen-bond acceptors (Lipinski definition) is 4. The molecule has 1 heterocycles. The predicted molar refractivity (Wildman–Crippen MR) is 122 cm³/mol. The number of hydrogen-bond donors (Lipinski definition) is 0. The van der Waals surface area contributed by atoms with E-state index in [1.807, 2.05) is 63.4 Å². The Morgan fingerprint density at radius 3 is 2.58 bits per heavy atom. The Kier molecular flexibility index (Phi) is 9.66. The van der Waals surface area contributed by atoms with E-state index in [1.54, 1.807) is 10.8 Å². The van der Waals surface area contributed by atoms with E-state index in [4.69, 9.17) is 0 Å². The number of aromatic nitrogens is 2. The maximum Gasteiger partial charge on any atom is 1.00 e. The smallest absolute Gasteiger partial charge is 0.542 e. The first kappa shape index (κ1) is 26.0. The summed E-state index contributed by atoms with van der Waals surface area (Å²) in [4.78, 5) is 12.2. The summed E-state index contributed by atoms with van der Waals surface area (Å²) in [6, 6.07) is 14.1. The van der Waals surface area contributed by atoms with Gasteiger partial charge in [0.05, 0.1) is 27.3 Å². The number of benzene rings is 2. The molecule has 0 fully saturated rings. The quantitative estimate of drug-likeness (QED) is 0.291. The number of amides is 1. The summed E-state index contributed by atoms with van der Waals surface area (Å²) in [6.45, 7) is 3.85. The molecule has 0 saturated carbocycles. The van der Waals surface area contributed by atoms with Gasteiger partial charge in [-0.3, -0.25) is 4.68 Å². The van der Waals surface area contributed by atoms with Crippen LogP contribution in [0.15, 0.2) is 48.5 Å². The molecule has 0 aliphatic heterocycles. The van der Waals surface area contributed by atoms with Crippen LogP contribution in [0.5, 0.6) is 0 Å². The number of carbonyl (C=O) groups is 1. The summed E-state index contributed by atoms with van der Waals surface area (Å²) in [5.41, 5.74) is 3.36. The van der Waals surface area contributed by atoms with Crippen LogP contribution in [0.1, 0.15) is 37.4 Å². The first-order chi connectivity index (χ1) is 14.3. The molecule has 0 atom stereocenters. The molecule has 0 aliphatic carbocycles. The normalized spacial score (nSPS) is 11.6. The number of unbranched alkanes of at least 4 members (excludes halogenated alkanes) is 2. The fourth-order valence-electron chi connectivity index (χ4n) is 3.53. The fraction of sp³-hybridized carbons (Fsp3) is 0.304. The molecule has 0 aliphatic rings. The Labute approximate surface area is 226 Å². The van der Waals surface area contributed by atoms with Gasteiger partial charge in [0, 0.05) is 23.9 Å². The van der Waals surface area contributed by atoms with Gasteiger partial charge in [-0.05, 0) is 36.3 Å². The second-order valence-electron chi connectivity index (χ2n) is 7.25. The van der Waals surface area contributed by atoms with Gasteiger partial charge >= 0.3 is 51.4 Å². The van der Waals surface area contributed by atoms with Crippen LogP contribution >= 0.6 is 0 Å². The molecular formula is C23H26KN3O3S. The average molecular weight is 464 g/mol. The van der Waals surface area contributed by atoms with Crippen LogP contribution < -0.4 is 51.4 Å². The Balaban J connectivity index is 0.00000341. The summed E-state index contributed by atoms with van der Waals surface area (Å²) in [5, 5.41) is 6.68. The molecule has 2 aromatic carbocycles. The zero-order valence-corrected chi connectivity index (χ0v) is 22.4. The minimum absolute atomic E-state index is 0. The van der Waals surface area contributed by atoms with Crippen LogP contribution in [0.3, 0.4) is 0 Å². The van der Waals surface area contributed by atoms with Crippen molar-refractivity contribution in [3.05, 3.63) is 64.5 Å². The number of aryl methyl sites for hydroxylation is 2.